The van der Waals surface area contributed by atoms with Gasteiger partial charge in [0.1, 0.15) is 23.1 Å². The summed E-state index contributed by atoms with van der Waals surface area (Å²) in [6.07, 6.45) is 3.50. The molecule has 3 saturated carbocycles. The van der Waals surface area contributed by atoms with Gasteiger partial charge >= 0.3 is 5.97 Å². The molecule has 0 saturated heterocycles. The highest BCUT2D eigenvalue weighted by Gasteiger charge is 2.74. The van der Waals surface area contributed by atoms with Crippen molar-refractivity contribution in [1.29, 1.82) is 0 Å². The summed E-state index contributed by atoms with van der Waals surface area (Å²) in [5.41, 5.74) is -5.33. The minimum Gasteiger partial charge on any atom is -0.456 e. The Morgan fingerprint density at radius 1 is 1.05 bits per heavy atom. The zero-order valence-corrected chi connectivity index (χ0v) is 25.3. The van der Waals surface area contributed by atoms with Gasteiger partial charge in [-0.05, 0) is 68.4 Å². The molecule has 0 radical (unpaired) electrons. The van der Waals surface area contributed by atoms with Crippen molar-refractivity contribution >= 4 is 23.3 Å². The van der Waals surface area contributed by atoms with Crippen molar-refractivity contribution in [3.05, 3.63) is 23.8 Å². The molecule has 222 valence electrons. The number of allylic oxidation sites excluding steroid dienone is 1. The van der Waals surface area contributed by atoms with E-state index in [0.717, 1.165) is 5.57 Å². The van der Waals surface area contributed by atoms with Gasteiger partial charge in [0.05, 0.1) is 6.10 Å². The average Bonchev–Trinajstić information content (AvgIpc) is 3.01. The summed E-state index contributed by atoms with van der Waals surface area (Å²) in [5.74, 6) is -2.96. The van der Waals surface area contributed by atoms with Crippen LogP contribution in [0.2, 0.25) is 0 Å². The maximum atomic E-state index is 14.3. The molecule has 0 amide bonds. The van der Waals surface area contributed by atoms with Gasteiger partial charge in [0.25, 0.3) is 0 Å². The maximum absolute atomic E-state index is 14.3. The lowest BCUT2D eigenvalue weighted by Gasteiger charge is -2.64. The normalized spacial score (nSPS) is 42.4. The molecule has 3 N–H and O–H groups in total. The van der Waals surface area contributed by atoms with Gasteiger partial charge in [-0.2, -0.15) is 0 Å². The van der Waals surface area contributed by atoms with Crippen molar-refractivity contribution in [3.63, 3.8) is 0 Å². The third kappa shape index (κ3) is 4.11. The Balaban J connectivity index is 1.75. The molecular formula is C32H46O8. The smallest absolute Gasteiger partial charge is 0.303 e. The summed E-state index contributed by atoms with van der Waals surface area (Å²) in [6.45, 7) is 15.5. The molecule has 0 heterocycles. The van der Waals surface area contributed by atoms with E-state index in [9.17, 15) is 34.5 Å². The number of hydrogen-bond donors (Lipinski definition) is 3. The molecule has 2 unspecified atom stereocenters. The number of carbonyl (C=O) groups excluding carboxylic acids is 4. The van der Waals surface area contributed by atoms with E-state index in [1.807, 2.05) is 27.7 Å². The van der Waals surface area contributed by atoms with Gasteiger partial charge in [-0.1, -0.05) is 46.3 Å². The van der Waals surface area contributed by atoms with Gasteiger partial charge in [0.15, 0.2) is 11.6 Å². The van der Waals surface area contributed by atoms with Crippen molar-refractivity contribution in [2.24, 2.45) is 39.4 Å². The number of rotatable bonds is 5. The van der Waals surface area contributed by atoms with E-state index >= 15 is 0 Å². The van der Waals surface area contributed by atoms with E-state index in [4.69, 9.17) is 4.74 Å². The summed E-state index contributed by atoms with van der Waals surface area (Å²) in [7, 11) is 0. The van der Waals surface area contributed by atoms with E-state index in [0.29, 0.717) is 12.8 Å². The van der Waals surface area contributed by atoms with Gasteiger partial charge < -0.3 is 20.1 Å². The lowest BCUT2D eigenvalue weighted by atomic mass is 9.38. The Morgan fingerprint density at radius 2 is 1.65 bits per heavy atom. The molecule has 0 aliphatic heterocycles. The molecular weight excluding hydrogens is 512 g/mol. The molecule has 0 bridgehead atoms. The molecule has 4 aliphatic carbocycles. The highest BCUT2D eigenvalue weighted by molar-refractivity contribution is 5.97. The number of ether oxygens (including phenoxy) is 1. The fraction of sp³-hybridized carbons (Fsp3) is 0.750. The van der Waals surface area contributed by atoms with Crippen LogP contribution in [0.25, 0.3) is 0 Å². The quantitative estimate of drug-likeness (QED) is 0.265. The van der Waals surface area contributed by atoms with Crippen molar-refractivity contribution in [2.45, 2.75) is 111 Å². The Morgan fingerprint density at radius 3 is 2.23 bits per heavy atom. The number of ketones is 3. The molecule has 3 fully saturated rings. The van der Waals surface area contributed by atoms with Crippen LogP contribution in [0.3, 0.4) is 0 Å². The van der Waals surface area contributed by atoms with Crippen LogP contribution in [-0.4, -0.2) is 62.0 Å². The number of esters is 1. The minimum absolute atomic E-state index is 0.0399. The number of aliphatic hydroxyl groups excluding tert-OH is 2. The monoisotopic (exact) mass is 558 g/mol. The third-order valence-electron chi connectivity index (χ3n) is 11.6. The molecule has 40 heavy (non-hydrogen) atoms. The van der Waals surface area contributed by atoms with Crippen LogP contribution in [0, 0.1) is 39.4 Å². The van der Waals surface area contributed by atoms with Crippen molar-refractivity contribution in [1.82, 2.24) is 0 Å². The van der Waals surface area contributed by atoms with Crippen LogP contribution in [-0.2, 0) is 23.9 Å². The number of aliphatic hydroxyl groups is 3. The van der Waals surface area contributed by atoms with E-state index < -0.39 is 62.7 Å². The second-order valence-corrected chi connectivity index (χ2v) is 14.8. The minimum atomic E-state index is -1.99. The number of fused-ring (bicyclic) bond motifs is 5. The highest BCUT2D eigenvalue weighted by atomic mass is 16.6. The highest BCUT2D eigenvalue weighted by Crippen LogP contribution is 2.74. The van der Waals surface area contributed by atoms with E-state index in [1.165, 1.54) is 26.0 Å². The fourth-order valence-electron chi connectivity index (χ4n) is 9.35. The predicted octanol–water partition coefficient (Wildman–Crippen LogP) is 3.50. The van der Waals surface area contributed by atoms with Gasteiger partial charge in [-0.15, -0.1) is 0 Å². The molecule has 0 aromatic carbocycles. The standard InChI is InChI=1S/C32H46O8/c1-17(33)40-27(2,3)13-12-23(36)32(9,39)25-21(35)15-29(6)22-11-10-18-19(14-20(34)26(38)28(18,4)5)31(22,8)24(37)16-30(25,29)7/h10,12-13,19,21-22,25-26,35,38-39H,11,14-16H2,1-9H3/b13-12+/t19-,21?,22+,25+,26?,29+,30-,31+,32+/m1/s1. The predicted molar refractivity (Wildman–Crippen MR) is 148 cm³/mol. The van der Waals surface area contributed by atoms with E-state index in [2.05, 4.69) is 13.0 Å². The van der Waals surface area contributed by atoms with Crippen molar-refractivity contribution in [2.75, 3.05) is 0 Å². The van der Waals surface area contributed by atoms with Crippen LogP contribution in [0.15, 0.2) is 23.8 Å². The molecule has 9 atom stereocenters. The van der Waals surface area contributed by atoms with Crippen LogP contribution in [0.5, 0.6) is 0 Å². The zero-order chi connectivity index (χ0) is 30.4. The Hall–Kier alpha value is -2.16. The van der Waals surface area contributed by atoms with E-state index in [-0.39, 0.29) is 36.2 Å². The second-order valence-electron chi connectivity index (χ2n) is 14.8. The van der Waals surface area contributed by atoms with Crippen LogP contribution >= 0.6 is 0 Å². The SMILES string of the molecule is CC(=O)OC(C)(C)/C=C/C(=O)[C@](C)(O)[C@H]1C(O)C[C@@]2(C)[C@@H]3CC=C4[C@@H](CC(=O)C(O)C4(C)C)[C@]3(C)C(=O)C[C@]12C. The topological polar surface area (TPSA) is 138 Å². The maximum Gasteiger partial charge on any atom is 0.303 e. The molecule has 0 aromatic rings. The van der Waals surface area contributed by atoms with Crippen molar-refractivity contribution in [3.8, 4) is 0 Å². The summed E-state index contributed by atoms with van der Waals surface area (Å²) < 4.78 is 5.23. The summed E-state index contributed by atoms with van der Waals surface area (Å²) in [6, 6.07) is 0. The lowest BCUT2D eigenvalue weighted by Crippen LogP contribution is -2.65. The Bertz CT molecular complexity index is 1210. The third-order valence-corrected chi connectivity index (χ3v) is 11.6. The average molecular weight is 559 g/mol. The largest absolute Gasteiger partial charge is 0.456 e. The zero-order valence-electron chi connectivity index (χ0n) is 25.3. The number of Topliss-reactive ketones (excluding diaryl/α,β-unsaturated/α-hetero) is 2. The van der Waals surface area contributed by atoms with Gasteiger partial charge in [-0.25, -0.2) is 0 Å². The van der Waals surface area contributed by atoms with Gasteiger partial charge in [0, 0.05) is 36.5 Å². The number of carbonyl (C=O) groups is 4. The molecule has 4 rings (SSSR count). The summed E-state index contributed by atoms with van der Waals surface area (Å²) in [4.78, 5) is 52.1. The molecule has 8 nitrogen and oxygen atoms in total. The van der Waals surface area contributed by atoms with Crippen LogP contribution in [0.4, 0.5) is 0 Å². The lowest BCUT2D eigenvalue weighted by molar-refractivity contribution is -0.183. The summed E-state index contributed by atoms with van der Waals surface area (Å²) in [5, 5.41) is 33.9. The van der Waals surface area contributed by atoms with E-state index in [1.54, 1.807) is 13.8 Å². The number of hydrogen-bond acceptors (Lipinski definition) is 8. The Labute approximate surface area is 237 Å². The Kier molecular flexibility index (Phi) is 7.06. The van der Waals surface area contributed by atoms with Gasteiger partial charge in [0.2, 0.25) is 0 Å². The molecule has 8 heteroatoms. The molecule has 4 aliphatic rings. The molecule has 0 spiro atoms. The van der Waals surface area contributed by atoms with Crippen LogP contribution in [0.1, 0.15) is 88.0 Å². The summed E-state index contributed by atoms with van der Waals surface area (Å²) >= 11 is 0. The fourth-order valence-corrected chi connectivity index (χ4v) is 9.35. The van der Waals surface area contributed by atoms with Crippen molar-refractivity contribution < 1.29 is 39.2 Å². The first-order valence-electron chi connectivity index (χ1n) is 14.4. The van der Waals surface area contributed by atoms with Gasteiger partial charge in [-0.3, -0.25) is 19.2 Å². The first-order valence-corrected chi connectivity index (χ1v) is 14.4. The second kappa shape index (κ2) is 9.17. The van der Waals surface area contributed by atoms with Crippen LogP contribution < -0.4 is 0 Å². The first kappa shape index (κ1) is 30.8. The molecule has 0 aromatic heterocycles. The first-order chi connectivity index (χ1) is 18.1.